The molecule has 1 aromatic carbocycles. The first kappa shape index (κ1) is 12.4. The van der Waals surface area contributed by atoms with Gasteiger partial charge in [0.1, 0.15) is 0 Å². The van der Waals surface area contributed by atoms with Crippen molar-refractivity contribution in [2.75, 3.05) is 0 Å². The SMILES string of the molecule is Cc1cc(C)c(C)c(C(=O)C(C)P)c1C. The van der Waals surface area contributed by atoms with Gasteiger partial charge < -0.3 is 0 Å². The minimum absolute atomic E-state index is 0.0106. The highest BCUT2D eigenvalue weighted by Crippen LogP contribution is 2.24. The number of aryl methyl sites for hydroxylation is 2. The lowest BCUT2D eigenvalue weighted by Crippen LogP contribution is -2.15. The molecule has 0 aliphatic carbocycles. The van der Waals surface area contributed by atoms with Gasteiger partial charge in [-0.3, -0.25) is 4.79 Å². The molecule has 2 heteroatoms. The van der Waals surface area contributed by atoms with Crippen LogP contribution in [-0.2, 0) is 0 Å². The van der Waals surface area contributed by atoms with Crippen LogP contribution in [0.25, 0.3) is 0 Å². The molecule has 1 nitrogen and oxygen atoms in total. The zero-order valence-corrected chi connectivity index (χ0v) is 11.3. The molecule has 0 aromatic heterocycles. The Bertz CT molecular complexity index is 379. The maximum Gasteiger partial charge on any atom is 0.169 e. The van der Waals surface area contributed by atoms with Crippen LogP contribution in [0.2, 0.25) is 0 Å². The summed E-state index contributed by atoms with van der Waals surface area (Å²) in [5.41, 5.74) is 5.55. The maximum absolute atomic E-state index is 12.1. The summed E-state index contributed by atoms with van der Waals surface area (Å²) in [5, 5.41) is 0. The van der Waals surface area contributed by atoms with Crippen molar-refractivity contribution in [1.82, 2.24) is 0 Å². The van der Waals surface area contributed by atoms with E-state index >= 15 is 0 Å². The predicted molar refractivity (Wildman–Crippen MR) is 68.9 cm³/mol. The zero-order valence-electron chi connectivity index (χ0n) is 10.1. The van der Waals surface area contributed by atoms with Gasteiger partial charge in [0.25, 0.3) is 0 Å². The Kier molecular flexibility index (Phi) is 3.67. The highest BCUT2D eigenvalue weighted by molar-refractivity contribution is 7.19. The normalized spacial score (nSPS) is 12.7. The van der Waals surface area contributed by atoms with E-state index in [1.165, 1.54) is 11.1 Å². The number of hydrogen-bond donors (Lipinski definition) is 0. The van der Waals surface area contributed by atoms with Crippen LogP contribution >= 0.6 is 9.24 Å². The molecule has 82 valence electrons. The van der Waals surface area contributed by atoms with Crippen molar-refractivity contribution >= 4 is 15.0 Å². The van der Waals surface area contributed by atoms with Gasteiger partial charge in [-0.1, -0.05) is 13.0 Å². The van der Waals surface area contributed by atoms with Crippen molar-refractivity contribution in [3.05, 3.63) is 33.9 Å². The summed E-state index contributed by atoms with van der Waals surface area (Å²) in [6.07, 6.45) is 0. The van der Waals surface area contributed by atoms with E-state index in [9.17, 15) is 4.79 Å². The van der Waals surface area contributed by atoms with E-state index in [4.69, 9.17) is 0 Å². The minimum atomic E-state index is -0.0106. The maximum atomic E-state index is 12.1. The topological polar surface area (TPSA) is 17.1 Å². The van der Waals surface area contributed by atoms with Crippen LogP contribution in [0.15, 0.2) is 6.07 Å². The Morgan fingerprint density at radius 3 is 1.87 bits per heavy atom. The standard InChI is InChI=1S/C13H19OP/c1-7-6-8(2)10(4)12(9(7)3)13(14)11(5)15/h6,11H,15H2,1-5H3. The van der Waals surface area contributed by atoms with Gasteiger partial charge in [0.15, 0.2) is 5.78 Å². The summed E-state index contributed by atoms with van der Waals surface area (Å²) in [4.78, 5) is 12.1. The van der Waals surface area contributed by atoms with Crippen LogP contribution in [0.3, 0.4) is 0 Å². The lowest BCUT2D eigenvalue weighted by molar-refractivity contribution is 0.0992. The van der Waals surface area contributed by atoms with Crippen LogP contribution < -0.4 is 0 Å². The lowest BCUT2D eigenvalue weighted by Gasteiger charge is -2.15. The van der Waals surface area contributed by atoms with Crippen molar-refractivity contribution in [2.24, 2.45) is 0 Å². The van der Waals surface area contributed by atoms with E-state index in [0.717, 1.165) is 16.7 Å². The van der Waals surface area contributed by atoms with E-state index in [2.05, 4.69) is 29.2 Å². The van der Waals surface area contributed by atoms with Gasteiger partial charge in [0.2, 0.25) is 0 Å². The molecule has 0 radical (unpaired) electrons. The fourth-order valence-electron chi connectivity index (χ4n) is 1.81. The second-order valence-corrected chi connectivity index (χ2v) is 5.29. The molecule has 15 heavy (non-hydrogen) atoms. The van der Waals surface area contributed by atoms with Gasteiger partial charge in [-0.15, -0.1) is 9.24 Å². The van der Waals surface area contributed by atoms with Gasteiger partial charge in [-0.25, -0.2) is 0 Å². The van der Waals surface area contributed by atoms with E-state index in [0.29, 0.717) is 0 Å². The van der Waals surface area contributed by atoms with Crippen LogP contribution in [-0.4, -0.2) is 11.4 Å². The van der Waals surface area contributed by atoms with Crippen molar-refractivity contribution in [2.45, 2.75) is 40.3 Å². The van der Waals surface area contributed by atoms with Crippen LogP contribution in [0, 0.1) is 27.7 Å². The number of ketones is 1. The fourth-order valence-corrected chi connectivity index (χ4v) is 1.98. The third-order valence-corrected chi connectivity index (χ3v) is 3.33. The summed E-state index contributed by atoms with van der Waals surface area (Å²) in [6, 6.07) is 2.15. The molecule has 0 aliphatic heterocycles. The summed E-state index contributed by atoms with van der Waals surface area (Å²) in [7, 11) is 2.57. The number of hydrogen-bond acceptors (Lipinski definition) is 1. The third-order valence-electron chi connectivity index (χ3n) is 3.03. The van der Waals surface area contributed by atoms with Gasteiger partial charge in [-0.2, -0.15) is 0 Å². The lowest BCUT2D eigenvalue weighted by atomic mass is 9.91. The summed E-state index contributed by atoms with van der Waals surface area (Å²) in [5.74, 6) is 0.224. The minimum Gasteiger partial charge on any atom is -0.293 e. The molecule has 2 atom stereocenters. The summed E-state index contributed by atoms with van der Waals surface area (Å²) in [6.45, 7) is 10.1. The molecule has 0 aliphatic rings. The molecule has 0 saturated carbocycles. The van der Waals surface area contributed by atoms with E-state index in [1.54, 1.807) is 0 Å². The second-order valence-electron chi connectivity index (χ2n) is 4.29. The number of Topliss-reactive ketones (excluding diaryl/α,β-unsaturated/α-hetero) is 1. The second kappa shape index (κ2) is 4.45. The Hall–Kier alpha value is -0.680. The first-order valence-electron chi connectivity index (χ1n) is 5.23. The zero-order chi connectivity index (χ0) is 11.7. The molecular formula is C13H19OP. The number of carbonyl (C=O) groups excluding carboxylic acids is 1. The van der Waals surface area contributed by atoms with E-state index < -0.39 is 0 Å². The van der Waals surface area contributed by atoms with Crippen molar-refractivity contribution in [3.63, 3.8) is 0 Å². The third kappa shape index (κ3) is 2.29. The molecule has 0 amide bonds. The molecule has 0 saturated heterocycles. The average molecular weight is 222 g/mol. The molecule has 0 fully saturated rings. The van der Waals surface area contributed by atoms with Crippen LogP contribution in [0.5, 0.6) is 0 Å². The molecule has 1 rings (SSSR count). The Balaban J connectivity index is 3.46. The highest BCUT2D eigenvalue weighted by atomic mass is 31.0. The predicted octanol–water partition coefficient (Wildman–Crippen LogP) is 3.37. The van der Waals surface area contributed by atoms with Gasteiger partial charge in [0.05, 0.1) is 0 Å². The smallest absolute Gasteiger partial charge is 0.169 e. The number of carbonyl (C=O) groups is 1. The quantitative estimate of drug-likeness (QED) is 0.554. The van der Waals surface area contributed by atoms with Gasteiger partial charge in [-0.05, 0) is 49.9 Å². The average Bonchev–Trinajstić information content (AvgIpc) is 2.15. The number of rotatable bonds is 2. The molecule has 1 aromatic rings. The Morgan fingerprint density at radius 2 is 1.53 bits per heavy atom. The van der Waals surface area contributed by atoms with Crippen molar-refractivity contribution in [1.29, 1.82) is 0 Å². The number of benzene rings is 1. The first-order chi connectivity index (χ1) is 6.86. The highest BCUT2D eigenvalue weighted by Gasteiger charge is 2.18. The molecule has 0 spiro atoms. The molecule has 0 N–H and O–H groups in total. The van der Waals surface area contributed by atoms with Crippen molar-refractivity contribution < 1.29 is 4.79 Å². The van der Waals surface area contributed by atoms with E-state index in [1.807, 2.05) is 20.8 Å². The van der Waals surface area contributed by atoms with Crippen LogP contribution in [0.1, 0.15) is 39.5 Å². The van der Waals surface area contributed by atoms with E-state index in [-0.39, 0.29) is 11.4 Å². The van der Waals surface area contributed by atoms with Gasteiger partial charge >= 0.3 is 0 Å². The summed E-state index contributed by atoms with van der Waals surface area (Å²) >= 11 is 0. The first-order valence-corrected chi connectivity index (χ1v) is 5.90. The Morgan fingerprint density at radius 1 is 1.13 bits per heavy atom. The molecule has 0 heterocycles. The summed E-state index contributed by atoms with van der Waals surface area (Å²) < 4.78 is 0. The monoisotopic (exact) mass is 222 g/mol. The fraction of sp³-hybridized carbons (Fsp3) is 0.462. The molecular weight excluding hydrogens is 203 g/mol. The largest absolute Gasteiger partial charge is 0.293 e. The Labute approximate surface area is 94.5 Å². The van der Waals surface area contributed by atoms with Crippen molar-refractivity contribution in [3.8, 4) is 0 Å². The van der Waals surface area contributed by atoms with Crippen LogP contribution in [0.4, 0.5) is 0 Å². The molecule has 2 unspecified atom stereocenters. The van der Waals surface area contributed by atoms with Gasteiger partial charge in [0, 0.05) is 11.2 Å². The molecule has 0 bridgehead atoms.